The standard InChI is InChI=1S/C20H22N4O2S/c1-15-7-5-11-23(13-15)18(25)14-27-20-22-21-19(17-10-6-12-26-17)24(20)16-8-3-2-4-9-16/h2-4,6,8-10,12,15H,5,7,11,13-14H2,1H3. The van der Waals surface area contributed by atoms with Crippen molar-refractivity contribution in [1.82, 2.24) is 19.7 Å². The molecule has 1 amide bonds. The number of carbonyl (C=O) groups excluding carboxylic acids is 1. The van der Waals surface area contributed by atoms with Crippen LogP contribution in [0.15, 0.2) is 58.3 Å². The zero-order valence-electron chi connectivity index (χ0n) is 15.2. The third-order valence-electron chi connectivity index (χ3n) is 4.72. The van der Waals surface area contributed by atoms with Gasteiger partial charge in [0.2, 0.25) is 11.7 Å². The Hall–Kier alpha value is -2.54. The van der Waals surface area contributed by atoms with Gasteiger partial charge >= 0.3 is 0 Å². The number of thioether (sulfide) groups is 1. The molecule has 1 fully saturated rings. The van der Waals surface area contributed by atoms with Crippen LogP contribution in [0.3, 0.4) is 0 Å². The zero-order chi connectivity index (χ0) is 18.6. The molecule has 1 aromatic carbocycles. The molecule has 27 heavy (non-hydrogen) atoms. The van der Waals surface area contributed by atoms with E-state index in [9.17, 15) is 4.79 Å². The smallest absolute Gasteiger partial charge is 0.233 e. The molecule has 1 unspecified atom stereocenters. The van der Waals surface area contributed by atoms with Crippen LogP contribution in [0.4, 0.5) is 0 Å². The Morgan fingerprint density at radius 2 is 2.07 bits per heavy atom. The lowest BCUT2D eigenvalue weighted by molar-refractivity contribution is -0.130. The van der Waals surface area contributed by atoms with E-state index in [0.29, 0.717) is 28.4 Å². The van der Waals surface area contributed by atoms with Crippen molar-refractivity contribution in [2.45, 2.75) is 24.9 Å². The number of benzene rings is 1. The van der Waals surface area contributed by atoms with Gasteiger partial charge in [0.25, 0.3) is 0 Å². The Morgan fingerprint density at radius 1 is 1.22 bits per heavy atom. The summed E-state index contributed by atoms with van der Waals surface area (Å²) < 4.78 is 7.46. The van der Waals surface area contributed by atoms with Crippen molar-refractivity contribution >= 4 is 17.7 Å². The fourth-order valence-corrected chi connectivity index (χ4v) is 4.23. The molecule has 1 aliphatic heterocycles. The number of hydrogen-bond donors (Lipinski definition) is 0. The summed E-state index contributed by atoms with van der Waals surface area (Å²) in [6.45, 7) is 3.91. The van der Waals surface area contributed by atoms with E-state index < -0.39 is 0 Å². The molecule has 3 aromatic rings. The number of carbonyl (C=O) groups is 1. The van der Waals surface area contributed by atoms with Crippen LogP contribution >= 0.6 is 11.8 Å². The van der Waals surface area contributed by atoms with E-state index in [0.717, 1.165) is 25.2 Å². The summed E-state index contributed by atoms with van der Waals surface area (Å²) in [4.78, 5) is 14.6. The fraction of sp³-hybridized carbons (Fsp3) is 0.350. The van der Waals surface area contributed by atoms with Crippen molar-refractivity contribution in [2.75, 3.05) is 18.8 Å². The van der Waals surface area contributed by atoms with Crippen LogP contribution in [-0.4, -0.2) is 44.4 Å². The topological polar surface area (TPSA) is 64.2 Å². The van der Waals surface area contributed by atoms with E-state index in [1.165, 1.54) is 18.2 Å². The minimum atomic E-state index is 0.161. The van der Waals surface area contributed by atoms with E-state index in [2.05, 4.69) is 17.1 Å². The van der Waals surface area contributed by atoms with E-state index >= 15 is 0 Å². The lowest BCUT2D eigenvalue weighted by atomic mass is 10.0. The SMILES string of the molecule is CC1CCCN(C(=O)CSc2nnc(-c3ccco3)n2-c2ccccc2)C1. The molecule has 0 saturated carbocycles. The lowest BCUT2D eigenvalue weighted by Gasteiger charge is -2.30. The molecule has 140 valence electrons. The van der Waals surface area contributed by atoms with Gasteiger partial charge in [-0.1, -0.05) is 36.9 Å². The Morgan fingerprint density at radius 3 is 2.81 bits per heavy atom. The Balaban J connectivity index is 1.57. The molecule has 1 aliphatic rings. The summed E-state index contributed by atoms with van der Waals surface area (Å²) in [6.07, 6.45) is 3.90. The van der Waals surface area contributed by atoms with Crippen LogP contribution in [0.5, 0.6) is 0 Å². The first kappa shape index (κ1) is 17.9. The number of nitrogens with zero attached hydrogens (tertiary/aromatic N) is 4. The van der Waals surface area contributed by atoms with Crippen molar-refractivity contribution in [3.05, 3.63) is 48.7 Å². The maximum absolute atomic E-state index is 12.6. The number of likely N-dealkylation sites (tertiary alicyclic amines) is 1. The minimum Gasteiger partial charge on any atom is -0.461 e. The third-order valence-corrected chi connectivity index (χ3v) is 5.64. The van der Waals surface area contributed by atoms with Crippen LogP contribution in [0, 0.1) is 5.92 Å². The van der Waals surface area contributed by atoms with E-state index in [-0.39, 0.29) is 5.91 Å². The number of rotatable bonds is 5. The molecule has 0 radical (unpaired) electrons. The second kappa shape index (κ2) is 8.00. The molecule has 1 atom stereocenters. The molecule has 6 nitrogen and oxygen atoms in total. The second-order valence-corrected chi connectivity index (χ2v) is 7.77. The molecule has 7 heteroatoms. The molecule has 0 bridgehead atoms. The Labute approximate surface area is 162 Å². The molecule has 1 saturated heterocycles. The maximum atomic E-state index is 12.6. The number of furan rings is 1. The summed E-state index contributed by atoms with van der Waals surface area (Å²) in [6, 6.07) is 13.6. The summed E-state index contributed by atoms with van der Waals surface area (Å²) in [7, 11) is 0. The molecular formula is C20H22N4O2S. The van der Waals surface area contributed by atoms with Gasteiger partial charge < -0.3 is 9.32 Å². The summed E-state index contributed by atoms with van der Waals surface area (Å²) in [5.74, 6) is 2.37. The average Bonchev–Trinajstić information content (AvgIpc) is 3.36. The van der Waals surface area contributed by atoms with Crippen LogP contribution in [0.1, 0.15) is 19.8 Å². The average molecular weight is 382 g/mol. The summed E-state index contributed by atoms with van der Waals surface area (Å²) in [5.41, 5.74) is 0.940. The number of aromatic nitrogens is 3. The molecular weight excluding hydrogens is 360 g/mol. The molecule has 0 N–H and O–H groups in total. The molecule has 0 spiro atoms. The van der Waals surface area contributed by atoms with E-state index in [1.807, 2.05) is 51.9 Å². The highest BCUT2D eigenvalue weighted by atomic mass is 32.2. The fourth-order valence-electron chi connectivity index (χ4n) is 3.37. The number of piperidine rings is 1. The largest absolute Gasteiger partial charge is 0.461 e. The van der Waals surface area contributed by atoms with Gasteiger partial charge in [-0.2, -0.15) is 0 Å². The van der Waals surface area contributed by atoms with Crippen molar-refractivity contribution in [2.24, 2.45) is 5.92 Å². The van der Waals surface area contributed by atoms with Crippen molar-refractivity contribution in [1.29, 1.82) is 0 Å². The van der Waals surface area contributed by atoms with Gasteiger partial charge in [0.05, 0.1) is 12.0 Å². The van der Waals surface area contributed by atoms with E-state index in [4.69, 9.17) is 4.42 Å². The summed E-state index contributed by atoms with van der Waals surface area (Å²) in [5, 5.41) is 9.32. The third kappa shape index (κ3) is 3.93. The lowest BCUT2D eigenvalue weighted by Crippen LogP contribution is -2.40. The Bertz CT molecular complexity index is 892. The first-order chi connectivity index (χ1) is 13.2. The monoisotopic (exact) mass is 382 g/mol. The highest BCUT2D eigenvalue weighted by molar-refractivity contribution is 7.99. The molecule has 0 aliphatic carbocycles. The maximum Gasteiger partial charge on any atom is 0.233 e. The molecule has 3 heterocycles. The first-order valence-corrected chi connectivity index (χ1v) is 10.2. The van der Waals surface area contributed by atoms with Crippen molar-refractivity contribution < 1.29 is 9.21 Å². The quantitative estimate of drug-likeness (QED) is 0.627. The van der Waals surface area contributed by atoms with Gasteiger partial charge in [-0.3, -0.25) is 9.36 Å². The molecule has 4 rings (SSSR count). The van der Waals surface area contributed by atoms with Gasteiger partial charge in [-0.15, -0.1) is 10.2 Å². The number of para-hydroxylation sites is 1. The van der Waals surface area contributed by atoms with Gasteiger partial charge in [0, 0.05) is 18.8 Å². The van der Waals surface area contributed by atoms with Crippen LogP contribution in [0.2, 0.25) is 0 Å². The predicted octanol–water partition coefficient (Wildman–Crippen LogP) is 3.88. The Kier molecular flexibility index (Phi) is 5.29. The van der Waals surface area contributed by atoms with Gasteiger partial charge in [0.15, 0.2) is 10.9 Å². The van der Waals surface area contributed by atoms with Gasteiger partial charge in [0.1, 0.15) is 0 Å². The van der Waals surface area contributed by atoms with Crippen LogP contribution in [0.25, 0.3) is 17.3 Å². The summed E-state index contributed by atoms with van der Waals surface area (Å²) >= 11 is 1.42. The normalized spacial score (nSPS) is 17.2. The van der Waals surface area contributed by atoms with E-state index in [1.54, 1.807) is 6.26 Å². The van der Waals surface area contributed by atoms with Gasteiger partial charge in [-0.25, -0.2) is 0 Å². The van der Waals surface area contributed by atoms with Crippen molar-refractivity contribution in [3.63, 3.8) is 0 Å². The number of hydrogen-bond acceptors (Lipinski definition) is 5. The zero-order valence-corrected chi connectivity index (χ0v) is 16.1. The minimum absolute atomic E-state index is 0.161. The van der Waals surface area contributed by atoms with Crippen LogP contribution in [-0.2, 0) is 4.79 Å². The van der Waals surface area contributed by atoms with Crippen LogP contribution < -0.4 is 0 Å². The highest BCUT2D eigenvalue weighted by Gasteiger charge is 2.23. The number of amides is 1. The van der Waals surface area contributed by atoms with Crippen molar-refractivity contribution in [3.8, 4) is 17.3 Å². The second-order valence-electron chi connectivity index (χ2n) is 6.83. The van der Waals surface area contributed by atoms with Gasteiger partial charge in [-0.05, 0) is 43.0 Å². The predicted molar refractivity (Wildman–Crippen MR) is 105 cm³/mol. The highest BCUT2D eigenvalue weighted by Crippen LogP contribution is 2.28. The molecule has 2 aromatic heterocycles. The first-order valence-electron chi connectivity index (χ1n) is 9.17.